The highest BCUT2D eigenvalue weighted by atomic mass is 19.1. The Morgan fingerprint density at radius 3 is 2.85 bits per heavy atom. The van der Waals surface area contributed by atoms with Crippen molar-refractivity contribution >= 4 is 11.7 Å². The molecule has 2 aromatic rings. The number of aromatic nitrogens is 2. The van der Waals surface area contributed by atoms with Crippen molar-refractivity contribution in [2.45, 2.75) is 18.3 Å². The van der Waals surface area contributed by atoms with E-state index in [1.165, 1.54) is 12.3 Å². The van der Waals surface area contributed by atoms with Crippen LogP contribution >= 0.6 is 0 Å². The lowest BCUT2D eigenvalue weighted by Crippen LogP contribution is -2.29. The lowest BCUT2D eigenvalue weighted by Gasteiger charge is -2.15. The van der Waals surface area contributed by atoms with Gasteiger partial charge in [0, 0.05) is 5.56 Å². The predicted molar refractivity (Wildman–Crippen MR) is 69.2 cm³/mol. The van der Waals surface area contributed by atoms with Crippen molar-refractivity contribution in [3.63, 3.8) is 0 Å². The molecule has 3 rings (SSSR count). The summed E-state index contributed by atoms with van der Waals surface area (Å²) in [5.74, 6) is -0.450. The van der Waals surface area contributed by atoms with Crippen LogP contribution in [0.5, 0.6) is 0 Å². The third-order valence-corrected chi connectivity index (χ3v) is 3.57. The second kappa shape index (κ2) is 4.46. The zero-order valence-electron chi connectivity index (χ0n) is 10.5. The Morgan fingerprint density at radius 1 is 1.45 bits per heavy atom. The molecule has 1 aromatic heterocycles. The maximum Gasteiger partial charge on any atom is 0.236 e. The Bertz CT molecular complexity index is 712. The van der Waals surface area contributed by atoms with E-state index in [2.05, 4.69) is 15.5 Å². The number of halogens is 1. The summed E-state index contributed by atoms with van der Waals surface area (Å²) in [6.07, 6.45) is 2.52. The van der Waals surface area contributed by atoms with Crippen molar-refractivity contribution in [1.82, 2.24) is 10.2 Å². The van der Waals surface area contributed by atoms with Crippen LogP contribution < -0.4 is 5.32 Å². The molecule has 1 saturated carbocycles. The normalized spacial score (nSPS) is 15.4. The number of nitrogens with zero attached hydrogens (tertiary/aromatic N) is 2. The average molecular weight is 270 g/mol. The molecule has 1 heterocycles. The summed E-state index contributed by atoms with van der Waals surface area (Å²) in [7, 11) is 0. The van der Waals surface area contributed by atoms with Crippen LogP contribution in [-0.2, 0) is 10.2 Å². The minimum atomic E-state index is -0.830. The maximum atomic E-state index is 13.9. The van der Waals surface area contributed by atoms with Gasteiger partial charge in [-0.2, -0.15) is 10.4 Å². The summed E-state index contributed by atoms with van der Waals surface area (Å²) >= 11 is 0. The Kier molecular flexibility index (Phi) is 2.75. The highest BCUT2D eigenvalue weighted by Gasteiger charge is 2.52. The van der Waals surface area contributed by atoms with Crippen LogP contribution in [-0.4, -0.2) is 16.1 Å². The van der Waals surface area contributed by atoms with Gasteiger partial charge in [-0.15, -0.1) is 0 Å². The number of H-pyrrole nitrogens is 1. The van der Waals surface area contributed by atoms with Crippen LogP contribution in [0, 0.1) is 17.1 Å². The molecule has 6 heteroatoms. The largest absolute Gasteiger partial charge is 0.309 e. The molecule has 100 valence electrons. The van der Waals surface area contributed by atoms with Crippen molar-refractivity contribution in [2.75, 3.05) is 5.32 Å². The molecule has 1 amide bonds. The molecule has 1 fully saturated rings. The minimum absolute atomic E-state index is 0.250. The Balaban J connectivity index is 1.88. The molecule has 1 aromatic carbocycles. The molecule has 0 radical (unpaired) electrons. The van der Waals surface area contributed by atoms with Gasteiger partial charge in [0.05, 0.1) is 11.6 Å². The quantitative estimate of drug-likeness (QED) is 0.896. The van der Waals surface area contributed by atoms with Gasteiger partial charge in [0.15, 0.2) is 0 Å². The number of hydrogen-bond acceptors (Lipinski definition) is 3. The number of aromatic amines is 1. The molecular weight excluding hydrogens is 259 g/mol. The molecule has 1 aliphatic rings. The average Bonchev–Trinajstić information content (AvgIpc) is 3.14. The summed E-state index contributed by atoms with van der Waals surface area (Å²) in [5, 5.41) is 17.8. The predicted octanol–water partition coefficient (Wildman–Crippen LogP) is 2.09. The first kappa shape index (κ1) is 12.4. The van der Waals surface area contributed by atoms with Gasteiger partial charge in [0.25, 0.3) is 0 Å². The zero-order chi connectivity index (χ0) is 14.2. The maximum absolute atomic E-state index is 13.9. The van der Waals surface area contributed by atoms with Gasteiger partial charge in [-0.05, 0) is 18.9 Å². The van der Waals surface area contributed by atoms with E-state index < -0.39 is 5.41 Å². The van der Waals surface area contributed by atoms with Crippen LogP contribution in [0.4, 0.5) is 10.2 Å². The number of rotatable bonds is 3. The topological polar surface area (TPSA) is 81.6 Å². The minimum Gasteiger partial charge on any atom is -0.309 e. The number of carbonyl (C=O) groups excluding carboxylic acids is 1. The van der Waals surface area contributed by atoms with Crippen molar-refractivity contribution in [3.8, 4) is 6.07 Å². The summed E-state index contributed by atoms with van der Waals surface area (Å²) in [4.78, 5) is 12.4. The third-order valence-electron chi connectivity index (χ3n) is 3.57. The SMILES string of the molecule is N#Cc1cn[nH]c1NC(=O)C1(c2ccccc2F)CC1. The first-order valence-corrected chi connectivity index (χ1v) is 6.17. The Morgan fingerprint density at radius 2 is 2.20 bits per heavy atom. The van der Waals surface area contributed by atoms with Gasteiger partial charge < -0.3 is 5.32 Å². The second-order valence-corrected chi connectivity index (χ2v) is 4.79. The summed E-state index contributed by atoms with van der Waals surface area (Å²) in [6.45, 7) is 0. The molecule has 5 nitrogen and oxygen atoms in total. The van der Waals surface area contributed by atoms with Crippen LogP contribution in [0.25, 0.3) is 0 Å². The van der Waals surface area contributed by atoms with Gasteiger partial charge in [-0.3, -0.25) is 9.89 Å². The lowest BCUT2D eigenvalue weighted by molar-refractivity contribution is -0.118. The molecule has 1 aliphatic carbocycles. The molecule has 2 N–H and O–H groups in total. The van der Waals surface area contributed by atoms with E-state index in [1.807, 2.05) is 6.07 Å². The van der Waals surface area contributed by atoms with E-state index in [4.69, 9.17) is 5.26 Å². The third kappa shape index (κ3) is 1.84. The van der Waals surface area contributed by atoms with Crippen LogP contribution in [0.1, 0.15) is 24.0 Å². The van der Waals surface area contributed by atoms with E-state index in [1.54, 1.807) is 18.2 Å². The van der Waals surface area contributed by atoms with E-state index in [0.29, 0.717) is 18.4 Å². The number of nitrogens with one attached hydrogen (secondary N) is 2. The van der Waals surface area contributed by atoms with Gasteiger partial charge in [0.1, 0.15) is 23.3 Å². The number of carbonyl (C=O) groups is 1. The Hall–Kier alpha value is -2.68. The highest BCUT2D eigenvalue weighted by molar-refractivity contribution is 6.01. The van der Waals surface area contributed by atoms with Gasteiger partial charge in [0.2, 0.25) is 5.91 Å². The fourth-order valence-electron chi connectivity index (χ4n) is 2.29. The van der Waals surface area contributed by atoms with Crippen LogP contribution in [0.15, 0.2) is 30.5 Å². The van der Waals surface area contributed by atoms with Crippen molar-refractivity contribution < 1.29 is 9.18 Å². The number of nitriles is 1. The molecule has 0 atom stereocenters. The van der Waals surface area contributed by atoms with Crippen molar-refractivity contribution in [1.29, 1.82) is 5.26 Å². The standard InChI is InChI=1S/C14H11FN4O/c15-11-4-2-1-3-10(11)14(5-6-14)13(20)18-12-9(7-16)8-17-19-12/h1-4,8H,5-6H2,(H2,17,18,19,20). The van der Waals surface area contributed by atoms with Crippen LogP contribution in [0.2, 0.25) is 0 Å². The van der Waals surface area contributed by atoms with Gasteiger partial charge in [-0.25, -0.2) is 4.39 Å². The smallest absolute Gasteiger partial charge is 0.236 e. The molecule has 0 unspecified atom stereocenters. The molecule has 20 heavy (non-hydrogen) atoms. The monoisotopic (exact) mass is 270 g/mol. The summed E-state index contributed by atoms with van der Waals surface area (Å²) < 4.78 is 13.9. The Labute approximate surface area is 114 Å². The van der Waals surface area contributed by atoms with E-state index in [9.17, 15) is 9.18 Å². The fourth-order valence-corrected chi connectivity index (χ4v) is 2.29. The lowest BCUT2D eigenvalue weighted by atomic mass is 9.94. The van der Waals surface area contributed by atoms with E-state index in [0.717, 1.165) is 0 Å². The number of benzene rings is 1. The molecule has 0 aliphatic heterocycles. The number of anilines is 1. The second-order valence-electron chi connectivity index (χ2n) is 4.79. The van der Waals surface area contributed by atoms with Crippen LogP contribution in [0.3, 0.4) is 0 Å². The van der Waals surface area contributed by atoms with E-state index in [-0.39, 0.29) is 23.1 Å². The van der Waals surface area contributed by atoms with Gasteiger partial charge >= 0.3 is 0 Å². The molecule has 0 bridgehead atoms. The summed E-state index contributed by atoms with van der Waals surface area (Å²) in [6, 6.07) is 8.20. The fraction of sp³-hybridized carbons (Fsp3) is 0.214. The highest BCUT2D eigenvalue weighted by Crippen LogP contribution is 2.49. The van der Waals surface area contributed by atoms with Gasteiger partial charge in [-0.1, -0.05) is 18.2 Å². The molecular formula is C14H11FN4O. The number of hydrogen-bond donors (Lipinski definition) is 2. The first-order valence-electron chi connectivity index (χ1n) is 6.17. The van der Waals surface area contributed by atoms with Crippen molar-refractivity contribution in [2.24, 2.45) is 0 Å². The number of amides is 1. The molecule has 0 spiro atoms. The molecule has 0 saturated heterocycles. The zero-order valence-corrected chi connectivity index (χ0v) is 10.5. The van der Waals surface area contributed by atoms with E-state index >= 15 is 0 Å². The first-order chi connectivity index (χ1) is 9.67. The summed E-state index contributed by atoms with van der Waals surface area (Å²) in [5.41, 5.74) is -0.179. The van der Waals surface area contributed by atoms with Crippen molar-refractivity contribution in [3.05, 3.63) is 47.4 Å².